The number of alkyl carbamates (subject to hydrolysis) is 1. The van der Waals surface area contributed by atoms with Crippen molar-refractivity contribution in [2.75, 3.05) is 50.6 Å². The second-order valence-electron chi connectivity index (χ2n) is 14.0. The molecule has 0 aliphatic carbocycles. The minimum atomic E-state index is -0.721. The van der Waals surface area contributed by atoms with E-state index in [-0.39, 0.29) is 46.4 Å². The number of benzene rings is 2. The summed E-state index contributed by atoms with van der Waals surface area (Å²) in [6.45, 7) is 8.06. The van der Waals surface area contributed by atoms with Crippen LogP contribution in [0.4, 0.5) is 21.1 Å². The molecule has 15 nitrogen and oxygen atoms in total. The van der Waals surface area contributed by atoms with Gasteiger partial charge < -0.3 is 45.5 Å². The van der Waals surface area contributed by atoms with Crippen LogP contribution in [0.1, 0.15) is 55.8 Å². The Morgan fingerprint density at radius 1 is 1.04 bits per heavy atom. The first kappa shape index (κ1) is 38.9. The number of aromatic hydroxyl groups is 1. The maximum absolute atomic E-state index is 13.5. The van der Waals surface area contributed by atoms with Crippen molar-refractivity contribution in [1.29, 1.82) is 0 Å². The number of hydrogen-bond donors (Lipinski definition) is 5. The standard InChI is InChI=1S/C39H46ClN9O6/c1-22(2)34(46-39(54)55-5)37(52)49-14-6-7-31(49)35-43-20-30(44-35)25-10-8-24(9-11-25)27-17-28(40)29(18-32(27)50)45-36(51)26-12-13-33(42-19-26)48-16-15-47(21-23(48)3)38(53)41-4/h8-13,17-20,22-23,31,34,50H,6-7,14-16,21H2,1-5H3,(H,41,53)(H,43,44)(H,45,51)(H,46,54)/t23-,31+,34+/m1/s1. The van der Waals surface area contributed by atoms with Crippen LogP contribution in [-0.4, -0.2) is 106 Å². The molecule has 0 saturated carbocycles. The van der Waals surface area contributed by atoms with E-state index in [1.54, 1.807) is 41.2 Å². The van der Waals surface area contributed by atoms with E-state index in [0.29, 0.717) is 60.2 Å². The van der Waals surface area contributed by atoms with E-state index >= 15 is 0 Å². The van der Waals surface area contributed by atoms with Crippen molar-refractivity contribution >= 4 is 47.0 Å². The maximum Gasteiger partial charge on any atom is 0.407 e. The number of imidazole rings is 1. The first-order chi connectivity index (χ1) is 26.4. The number of nitrogens with zero attached hydrogens (tertiary/aromatic N) is 5. The molecule has 0 bridgehead atoms. The second-order valence-corrected chi connectivity index (χ2v) is 14.5. The molecule has 2 saturated heterocycles. The summed E-state index contributed by atoms with van der Waals surface area (Å²) in [5.41, 5.74) is 3.26. The summed E-state index contributed by atoms with van der Waals surface area (Å²) in [5, 5.41) is 19.3. The molecule has 2 aliphatic heterocycles. The Morgan fingerprint density at radius 2 is 1.78 bits per heavy atom. The largest absolute Gasteiger partial charge is 0.507 e. The molecule has 55 heavy (non-hydrogen) atoms. The summed E-state index contributed by atoms with van der Waals surface area (Å²) in [6, 6.07) is 12.9. The van der Waals surface area contributed by atoms with Crippen molar-refractivity contribution in [2.45, 2.75) is 51.7 Å². The van der Waals surface area contributed by atoms with Gasteiger partial charge in [0.15, 0.2) is 0 Å². The predicted molar refractivity (Wildman–Crippen MR) is 209 cm³/mol. The number of anilines is 2. The molecule has 5 amide bonds. The van der Waals surface area contributed by atoms with Crippen LogP contribution in [0, 0.1) is 5.92 Å². The van der Waals surface area contributed by atoms with Gasteiger partial charge in [0.1, 0.15) is 23.4 Å². The molecule has 2 fully saturated rings. The van der Waals surface area contributed by atoms with E-state index in [0.717, 1.165) is 18.4 Å². The number of ether oxygens (including phenoxy) is 1. The van der Waals surface area contributed by atoms with Gasteiger partial charge >= 0.3 is 12.1 Å². The Hall–Kier alpha value is -5.83. The number of phenolic OH excluding ortho intramolecular Hbond substituents is 1. The van der Waals surface area contributed by atoms with Crippen molar-refractivity contribution in [3.05, 3.63) is 77.3 Å². The van der Waals surface area contributed by atoms with Crippen LogP contribution in [-0.2, 0) is 9.53 Å². The number of hydrogen-bond acceptors (Lipinski definition) is 9. The molecule has 6 rings (SSSR count). The zero-order valence-corrected chi connectivity index (χ0v) is 32.2. The fourth-order valence-electron chi connectivity index (χ4n) is 7.08. The zero-order valence-electron chi connectivity index (χ0n) is 31.4. The van der Waals surface area contributed by atoms with Crippen LogP contribution in [0.25, 0.3) is 22.4 Å². The van der Waals surface area contributed by atoms with Gasteiger partial charge in [-0.15, -0.1) is 0 Å². The molecule has 3 atom stereocenters. The summed E-state index contributed by atoms with van der Waals surface area (Å²) in [6.07, 6.45) is 4.18. The highest BCUT2D eigenvalue weighted by Crippen LogP contribution is 2.38. The van der Waals surface area contributed by atoms with E-state index in [4.69, 9.17) is 21.3 Å². The molecule has 16 heteroatoms. The van der Waals surface area contributed by atoms with E-state index in [9.17, 15) is 24.3 Å². The number of carbonyl (C=O) groups is 4. The van der Waals surface area contributed by atoms with E-state index < -0.39 is 18.0 Å². The first-order valence-corrected chi connectivity index (χ1v) is 18.6. The molecule has 4 aromatic rings. The lowest BCUT2D eigenvalue weighted by Crippen LogP contribution is -2.55. The summed E-state index contributed by atoms with van der Waals surface area (Å²) in [7, 11) is 2.88. The number of nitrogens with one attached hydrogen (secondary N) is 4. The van der Waals surface area contributed by atoms with Gasteiger partial charge in [-0.3, -0.25) is 9.59 Å². The molecule has 290 valence electrons. The highest BCUT2D eigenvalue weighted by molar-refractivity contribution is 6.34. The molecule has 0 unspecified atom stereocenters. The molecular formula is C39H46ClN9O6. The number of urea groups is 1. The fraction of sp³-hybridized carbons (Fsp3) is 0.385. The quantitative estimate of drug-likeness (QED) is 0.144. The highest BCUT2D eigenvalue weighted by Gasteiger charge is 2.37. The Bertz CT molecular complexity index is 2040. The Labute approximate surface area is 324 Å². The summed E-state index contributed by atoms with van der Waals surface area (Å²) in [5.74, 6) is 0.548. The number of aromatic amines is 1. The fourth-order valence-corrected chi connectivity index (χ4v) is 7.29. The van der Waals surface area contributed by atoms with Crippen molar-refractivity contribution in [2.24, 2.45) is 5.92 Å². The number of pyridine rings is 1. The van der Waals surface area contributed by atoms with Crippen molar-refractivity contribution < 1.29 is 29.0 Å². The van der Waals surface area contributed by atoms with E-state index in [1.807, 2.05) is 45.0 Å². The lowest BCUT2D eigenvalue weighted by Gasteiger charge is -2.40. The molecule has 2 aliphatic rings. The smallest absolute Gasteiger partial charge is 0.407 e. The lowest BCUT2D eigenvalue weighted by molar-refractivity contribution is -0.135. The number of rotatable bonds is 9. The number of aromatic nitrogens is 3. The monoisotopic (exact) mass is 771 g/mol. The number of methoxy groups -OCH3 is 1. The van der Waals surface area contributed by atoms with Gasteiger partial charge in [0, 0.05) is 68.9 Å². The molecule has 4 heterocycles. The molecule has 5 N–H and O–H groups in total. The number of H-pyrrole nitrogens is 1. The predicted octanol–water partition coefficient (Wildman–Crippen LogP) is 5.64. The third-order valence-corrected chi connectivity index (χ3v) is 10.4. The average Bonchev–Trinajstić information content (AvgIpc) is 3.88. The highest BCUT2D eigenvalue weighted by atomic mass is 35.5. The first-order valence-electron chi connectivity index (χ1n) is 18.2. The lowest BCUT2D eigenvalue weighted by atomic mass is 10.0. The number of phenols is 1. The third-order valence-electron chi connectivity index (χ3n) is 10.1. The topological polar surface area (TPSA) is 185 Å². The van der Waals surface area contributed by atoms with Crippen LogP contribution in [0.3, 0.4) is 0 Å². The van der Waals surface area contributed by atoms with Crippen LogP contribution in [0.5, 0.6) is 5.75 Å². The van der Waals surface area contributed by atoms with Crippen LogP contribution in [0.2, 0.25) is 5.02 Å². The normalized spacial score (nSPS) is 17.5. The van der Waals surface area contributed by atoms with Crippen molar-refractivity contribution in [3.8, 4) is 28.1 Å². The van der Waals surface area contributed by atoms with Crippen LogP contribution < -0.4 is 20.9 Å². The van der Waals surface area contributed by atoms with Gasteiger partial charge in [0.05, 0.1) is 35.1 Å². The van der Waals surface area contributed by atoms with Gasteiger partial charge in [0.2, 0.25) is 5.91 Å². The van der Waals surface area contributed by atoms with Gasteiger partial charge in [-0.2, -0.15) is 0 Å². The number of amides is 5. The van der Waals surface area contributed by atoms with Gasteiger partial charge in [-0.05, 0) is 49.4 Å². The van der Waals surface area contributed by atoms with Gasteiger partial charge in [-0.1, -0.05) is 49.7 Å². The molecule has 0 radical (unpaired) electrons. The molecule has 2 aromatic heterocycles. The number of halogens is 1. The molecular weight excluding hydrogens is 726 g/mol. The Morgan fingerprint density at radius 3 is 2.44 bits per heavy atom. The van der Waals surface area contributed by atoms with Gasteiger partial charge in [-0.25, -0.2) is 19.6 Å². The number of likely N-dealkylation sites (tertiary alicyclic amines) is 1. The minimum absolute atomic E-state index is 0.0439. The minimum Gasteiger partial charge on any atom is -0.507 e. The third kappa shape index (κ3) is 8.46. The SMILES string of the molecule is CNC(=O)N1CCN(c2ccc(C(=O)Nc3cc(O)c(-c4ccc(-c5c[nH]c([C@@H]6CCCN6C(=O)[C@@H](NC(=O)OC)C(C)C)n5)cc4)cc3Cl)cn2)[C@H](C)C1. The Balaban J connectivity index is 1.10. The summed E-state index contributed by atoms with van der Waals surface area (Å²) in [4.78, 5) is 68.8. The van der Waals surface area contributed by atoms with Crippen LogP contribution in [0.15, 0.2) is 60.9 Å². The van der Waals surface area contributed by atoms with Crippen molar-refractivity contribution in [3.63, 3.8) is 0 Å². The van der Waals surface area contributed by atoms with Gasteiger partial charge in [0.25, 0.3) is 5.91 Å². The molecule has 0 spiro atoms. The zero-order chi connectivity index (χ0) is 39.4. The molecule has 2 aromatic carbocycles. The van der Waals surface area contributed by atoms with Crippen molar-refractivity contribution in [1.82, 2.24) is 35.4 Å². The number of carbonyl (C=O) groups excluding carboxylic acids is 4. The Kier molecular flexibility index (Phi) is 11.8. The second kappa shape index (κ2) is 16.7. The summed E-state index contributed by atoms with van der Waals surface area (Å²) >= 11 is 6.62. The maximum atomic E-state index is 13.5. The van der Waals surface area contributed by atoms with E-state index in [2.05, 4.69) is 30.8 Å². The number of piperazine rings is 1. The van der Waals surface area contributed by atoms with Crippen LogP contribution >= 0.6 is 11.6 Å². The average molecular weight is 772 g/mol. The summed E-state index contributed by atoms with van der Waals surface area (Å²) < 4.78 is 4.73. The van der Waals surface area contributed by atoms with E-state index in [1.165, 1.54) is 19.4 Å².